The lowest BCUT2D eigenvalue weighted by Crippen LogP contribution is -2.34. The Balaban J connectivity index is 1.50. The Morgan fingerprint density at radius 3 is 2.66 bits per heavy atom. The minimum Gasteiger partial charge on any atom is -0.496 e. The number of amides is 1. The molecule has 2 aromatic carbocycles. The molecule has 156 valence electrons. The number of rotatable bonds is 7. The molecule has 0 spiro atoms. The summed E-state index contributed by atoms with van der Waals surface area (Å²) in [4.78, 5) is 14.9. The molecule has 0 radical (unpaired) electrons. The summed E-state index contributed by atoms with van der Waals surface area (Å²) < 4.78 is 5.30. The van der Waals surface area contributed by atoms with Crippen molar-refractivity contribution >= 4 is 11.6 Å². The molecule has 1 amide bonds. The van der Waals surface area contributed by atoms with Crippen LogP contribution < -0.4 is 15.0 Å². The van der Waals surface area contributed by atoms with Gasteiger partial charge < -0.3 is 15.0 Å². The molecule has 2 aromatic rings. The Bertz CT molecular complexity index is 816. The third-order valence-corrected chi connectivity index (χ3v) is 5.89. The Morgan fingerprint density at radius 1 is 1.24 bits per heavy atom. The van der Waals surface area contributed by atoms with E-state index in [0.29, 0.717) is 6.42 Å². The molecule has 1 saturated heterocycles. The van der Waals surface area contributed by atoms with E-state index in [9.17, 15) is 4.79 Å². The van der Waals surface area contributed by atoms with Gasteiger partial charge in [-0.05, 0) is 73.9 Å². The van der Waals surface area contributed by atoms with Gasteiger partial charge in [-0.2, -0.15) is 0 Å². The number of ether oxygens (including phenoxy) is 1. The molecular formula is C25H34N2O2. The SMILES string of the molecule is COc1ccc(CCC(=O)N[C@H](C)c2ccc(N3CCC[C@@H](C)C3)cc2)cc1C. The zero-order valence-corrected chi connectivity index (χ0v) is 18.2. The molecule has 0 bridgehead atoms. The van der Waals surface area contributed by atoms with Gasteiger partial charge in [0, 0.05) is 25.2 Å². The van der Waals surface area contributed by atoms with Gasteiger partial charge in [-0.25, -0.2) is 0 Å². The number of hydrogen-bond donors (Lipinski definition) is 1. The fourth-order valence-corrected chi connectivity index (χ4v) is 4.15. The van der Waals surface area contributed by atoms with Gasteiger partial charge in [-0.1, -0.05) is 31.2 Å². The van der Waals surface area contributed by atoms with Gasteiger partial charge in [0.05, 0.1) is 13.2 Å². The number of carbonyl (C=O) groups excluding carboxylic acids is 1. The number of piperidine rings is 1. The standard InChI is InChI=1S/C25H34N2O2/c1-18-6-5-15-27(17-18)23-11-9-22(10-12-23)20(3)26-25(28)14-8-21-7-13-24(29-4)19(2)16-21/h7,9-13,16,18,20H,5-6,8,14-15,17H2,1-4H3,(H,26,28)/t18-,20-/m1/s1. The number of carbonyl (C=O) groups is 1. The first kappa shape index (κ1) is 21.2. The molecule has 4 heteroatoms. The van der Waals surface area contributed by atoms with E-state index in [2.05, 4.69) is 47.5 Å². The van der Waals surface area contributed by atoms with Crippen molar-refractivity contribution in [2.45, 2.75) is 52.5 Å². The highest BCUT2D eigenvalue weighted by molar-refractivity contribution is 5.76. The van der Waals surface area contributed by atoms with Crippen molar-refractivity contribution in [3.63, 3.8) is 0 Å². The van der Waals surface area contributed by atoms with E-state index in [0.717, 1.165) is 47.9 Å². The van der Waals surface area contributed by atoms with Crippen LogP contribution in [0.5, 0.6) is 5.75 Å². The number of aryl methyl sites for hydroxylation is 2. The van der Waals surface area contributed by atoms with Crippen LogP contribution >= 0.6 is 0 Å². The van der Waals surface area contributed by atoms with Crippen LogP contribution in [0.4, 0.5) is 5.69 Å². The van der Waals surface area contributed by atoms with Crippen molar-refractivity contribution in [1.29, 1.82) is 0 Å². The van der Waals surface area contributed by atoms with Crippen molar-refractivity contribution in [2.75, 3.05) is 25.1 Å². The van der Waals surface area contributed by atoms with Gasteiger partial charge in [-0.3, -0.25) is 4.79 Å². The monoisotopic (exact) mass is 394 g/mol. The second-order valence-electron chi connectivity index (χ2n) is 8.38. The van der Waals surface area contributed by atoms with Crippen LogP contribution in [0.1, 0.15) is 55.8 Å². The first-order chi connectivity index (χ1) is 14.0. The maximum atomic E-state index is 12.4. The predicted octanol–water partition coefficient (Wildman–Crippen LogP) is 5.05. The average Bonchev–Trinajstić information content (AvgIpc) is 2.72. The molecule has 0 saturated carbocycles. The number of hydrogen-bond acceptors (Lipinski definition) is 3. The van der Waals surface area contributed by atoms with Crippen LogP contribution in [0, 0.1) is 12.8 Å². The topological polar surface area (TPSA) is 41.6 Å². The molecule has 4 nitrogen and oxygen atoms in total. The fraction of sp³-hybridized carbons (Fsp3) is 0.480. The summed E-state index contributed by atoms with van der Waals surface area (Å²) in [5, 5.41) is 3.13. The maximum absolute atomic E-state index is 12.4. The quantitative estimate of drug-likeness (QED) is 0.714. The second-order valence-corrected chi connectivity index (χ2v) is 8.38. The number of nitrogens with one attached hydrogen (secondary N) is 1. The first-order valence-corrected chi connectivity index (χ1v) is 10.7. The van der Waals surface area contributed by atoms with E-state index in [1.807, 2.05) is 26.0 Å². The Morgan fingerprint density at radius 2 is 2.00 bits per heavy atom. The highest BCUT2D eigenvalue weighted by Gasteiger charge is 2.17. The zero-order valence-electron chi connectivity index (χ0n) is 18.2. The first-order valence-electron chi connectivity index (χ1n) is 10.7. The molecule has 1 heterocycles. The van der Waals surface area contributed by atoms with Crippen LogP contribution in [0.25, 0.3) is 0 Å². The van der Waals surface area contributed by atoms with E-state index in [-0.39, 0.29) is 11.9 Å². The average molecular weight is 395 g/mol. The molecule has 0 aromatic heterocycles. The van der Waals surface area contributed by atoms with E-state index in [1.54, 1.807) is 7.11 Å². The Hall–Kier alpha value is -2.49. The molecule has 0 aliphatic carbocycles. The van der Waals surface area contributed by atoms with Crippen molar-refractivity contribution < 1.29 is 9.53 Å². The fourth-order valence-electron chi connectivity index (χ4n) is 4.15. The van der Waals surface area contributed by atoms with E-state index < -0.39 is 0 Å². The molecule has 0 unspecified atom stereocenters. The van der Waals surface area contributed by atoms with E-state index >= 15 is 0 Å². The second kappa shape index (κ2) is 9.82. The van der Waals surface area contributed by atoms with Crippen LogP contribution in [0.15, 0.2) is 42.5 Å². The predicted molar refractivity (Wildman–Crippen MR) is 120 cm³/mol. The number of methoxy groups -OCH3 is 1. The third kappa shape index (κ3) is 5.75. The molecule has 1 N–H and O–H groups in total. The zero-order chi connectivity index (χ0) is 20.8. The normalized spacial score (nSPS) is 17.7. The summed E-state index contributed by atoms with van der Waals surface area (Å²) in [5.74, 6) is 1.73. The molecule has 1 aliphatic heterocycles. The third-order valence-electron chi connectivity index (χ3n) is 5.89. The van der Waals surface area contributed by atoms with Crippen LogP contribution in [-0.2, 0) is 11.2 Å². The summed E-state index contributed by atoms with van der Waals surface area (Å²) in [6.45, 7) is 8.68. The van der Waals surface area contributed by atoms with Gasteiger partial charge in [0.1, 0.15) is 5.75 Å². The van der Waals surface area contributed by atoms with Crippen LogP contribution in [-0.4, -0.2) is 26.1 Å². The lowest BCUT2D eigenvalue weighted by atomic mass is 9.99. The summed E-state index contributed by atoms with van der Waals surface area (Å²) in [6.07, 6.45) is 3.81. The minimum atomic E-state index is 0.00873. The molecule has 1 fully saturated rings. The highest BCUT2D eigenvalue weighted by atomic mass is 16.5. The molecular weight excluding hydrogens is 360 g/mol. The summed E-state index contributed by atoms with van der Waals surface area (Å²) in [5.41, 5.74) is 4.69. The Labute approximate surface area is 175 Å². The number of benzene rings is 2. The van der Waals surface area contributed by atoms with Gasteiger partial charge in [0.15, 0.2) is 0 Å². The van der Waals surface area contributed by atoms with Gasteiger partial charge in [-0.15, -0.1) is 0 Å². The molecule has 3 rings (SSSR count). The summed E-state index contributed by atoms with van der Waals surface area (Å²) in [7, 11) is 1.68. The van der Waals surface area contributed by atoms with E-state index in [1.165, 1.54) is 18.5 Å². The largest absolute Gasteiger partial charge is 0.496 e. The van der Waals surface area contributed by atoms with Crippen LogP contribution in [0.3, 0.4) is 0 Å². The summed E-state index contributed by atoms with van der Waals surface area (Å²) >= 11 is 0. The van der Waals surface area contributed by atoms with Crippen LogP contribution in [0.2, 0.25) is 0 Å². The Kier molecular flexibility index (Phi) is 7.18. The molecule has 29 heavy (non-hydrogen) atoms. The lowest BCUT2D eigenvalue weighted by molar-refractivity contribution is -0.121. The van der Waals surface area contributed by atoms with E-state index in [4.69, 9.17) is 4.74 Å². The summed E-state index contributed by atoms with van der Waals surface area (Å²) in [6, 6.07) is 14.8. The minimum absolute atomic E-state index is 0.00873. The lowest BCUT2D eigenvalue weighted by Gasteiger charge is -2.33. The molecule has 1 aliphatic rings. The van der Waals surface area contributed by atoms with Gasteiger partial charge in [0.2, 0.25) is 5.91 Å². The van der Waals surface area contributed by atoms with Crippen molar-refractivity contribution in [1.82, 2.24) is 5.32 Å². The highest BCUT2D eigenvalue weighted by Crippen LogP contribution is 2.25. The molecule has 2 atom stereocenters. The number of anilines is 1. The maximum Gasteiger partial charge on any atom is 0.220 e. The van der Waals surface area contributed by atoms with Gasteiger partial charge >= 0.3 is 0 Å². The van der Waals surface area contributed by atoms with Gasteiger partial charge in [0.25, 0.3) is 0 Å². The van der Waals surface area contributed by atoms with Crippen molar-refractivity contribution in [3.05, 3.63) is 59.2 Å². The smallest absolute Gasteiger partial charge is 0.220 e. The van der Waals surface area contributed by atoms with Crippen molar-refractivity contribution in [2.24, 2.45) is 5.92 Å². The van der Waals surface area contributed by atoms with Crippen molar-refractivity contribution in [3.8, 4) is 5.75 Å². The number of nitrogens with zero attached hydrogens (tertiary/aromatic N) is 1.